The molecular formula is C11H17ClN6O2. The SMILES string of the molecule is CCNc1nc(Cl)nc(N2CCOCC2C(=O)NC)n1. The van der Waals surface area contributed by atoms with Crippen molar-refractivity contribution in [2.45, 2.75) is 13.0 Å². The van der Waals surface area contributed by atoms with Crippen molar-refractivity contribution in [3.05, 3.63) is 5.28 Å². The van der Waals surface area contributed by atoms with Gasteiger partial charge in [-0.2, -0.15) is 15.0 Å². The molecule has 2 heterocycles. The van der Waals surface area contributed by atoms with E-state index in [0.717, 1.165) is 0 Å². The van der Waals surface area contributed by atoms with Gasteiger partial charge in [-0.3, -0.25) is 4.79 Å². The van der Waals surface area contributed by atoms with Gasteiger partial charge in [-0.1, -0.05) is 0 Å². The van der Waals surface area contributed by atoms with Gasteiger partial charge in [-0.25, -0.2) is 0 Å². The lowest BCUT2D eigenvalue weighted by molar-refractivity contribution is -0.124. The Labute approximate surface area is 121 Å². The summed E-state index contributed by atoms with van der Waals surface area (Å²) in [4.78, 5) is 26.0. The predicted molar refractivity (Wildman–Crippen MR) is 75.0 cm³/mol. The molecule has 20 heavy (non-hydrogen) atoms. The number of morpholine rings is 1. The van der Waals surface area contributed by atoms with E-state index in [1.54, 1.807) is 11.9 Å². The average molecular weight is 301 g/mol. The number of hydrogen-bond acceptors (Lipinski definition) is 7. The summed E-state index contributed by atoms with van der Waals surface area (Å²) in [5, 5.41) is 5.68. The summed E-state index contributed by atoms with van der Waals surface area (Å²) in [6, 6.07) is -0.471. The molecule has 1 amide bonds. The van der Waals surface area contributed by atoms with Crippen LogP contribution in [0.4, 0.5) is 11.9 Å². The number of rotatable bonds is 4. The zero-order valence-electron chi connectivity index (χ0n) is 11.4. The Kier molecular flexibility index (Phi) is 4.91. The van der Waals surface area contributed by atoms with E-state index in [-0.39, 0.29) is 11.2 Å². The molecule has 0 aliphatic carbocycles. The lowest BCUT2D eigenvalue weighted by Crippen LogP contribution is -2.54. The Morgan fingerprint density at radius 3 is 3.00 bits per heavy atom. The Balaban J connectivity index is 2.29. The van der Waals surface area contributed by atoms with Gasteiger partial charge in [-0.05, 0) is 18.5 Å². The third kappa shape index (κ3) is 3.26. The maximum atomic E-state index is 11.9. The van der Waals surface area contributed by atoms with Crippen LogP contribution < -0.4 is 15.5 Å². The smallest absolute Gasteiger partial charge is 0.244 e. The first-order valence-electron chi connectivity index (χ1n) is 6.37. The van der Waals surface area contributed by atoms with E-state index < -0.39 is 6.04 Å². The van der Waals surface area contributed by atoms with Crippen LogP contribution >= 0.6 is 11.6 Å². The molecular weight excluding hydrogens is 284 g/mol. The van der Waals surface area contributed by atoms with Gasteiger partial charge in [0.2, 0.25) is 23.1 Å². The maximum absolute atomic E-state index is 11.9. The first-order chi connectivity index (χ1) is 9.65. The van der Waals surface area contributed by atoms with Gasteiger partial charge < -0.3 is 20.3 Å². The van der Waals surface area contributed by atoms with E-state index in [9.17, 15) is 4.79 Å². The molecule has 8 nitrogen and oxygen atoms in total. The molecule has 2 N–H and O–H groups in total. The Bertz CT molecular complexity index is 486. The molecule has 2 rings (SSSR count). The summed E-state index contributed by atoms with van der Waals surface area (Å²) in [5.41, 5.74) is 0. The van der Waals surface area contributed by atoms with Crippen LogP contribution in [0.25, 0.3) is 0 Å². The molecule has 0 bridgehead atoms. The van der Waals surface area contributed by atoms with Gasteiger partial charge in [0.05, 0.1) is 13.2 Å². The number of anilines is 2. The van der Waals surface area contributed by atoms with E-state index in [0.29, 0.717) is 38.2 Å². The van der Waals surface area contributed by atoms with Crippen molar-refractivity contribution in [3.63, 3.8) is 0 Å². The van der Waals surface area contributed by atoms with Crippen molar-refractivity contribution in [1.82, 2.24) is 20.3 Å². The molecule has 0 radical (unpaired) electrons. The summed E-state index contributed by atoms with van der Waals surface area (Å²) in [6.07, 6.45) is 0. The summed E-state index contributed by atoms with van der Waals surface area (Å²) in [5.74, 6) is 0.619. The number of likely N-dealkylation sites (N-methyl/N-ethyl adjacent to an activating group) is 1. The maximum Gasteiger partial charge on any atom is 0.244 e. The molecule has 1 unspecified atom stereocenters. The van der Waals surface area contributed by atoms with Crippen LogP contribution in [0.1, 0.15) is 6.92 Å². The van der Waals surface area contributed by atoms with Crippen molar-refractivity contribution in [2.24, 2.45) is 0 Å². The highest BCUT2D eigenvalue weighted by Crippen LogP contribution is 2.18. The highest BCUT2D eigenvalue weighted by atomic mass is 35.5. The molecule has 1 saturated heterocycles. The van der Waals surface area contributed by atoms with Gasteiger partial charge in [0.1, 0.15) is 6.04 Å². The third-order valence-corrected chi connectivity index (χ3v) is 3.03. The van der Waals surface area contributed by atoms with Gasteiger partial charge >= 0.3 is 0 Å². The summed E-state index contributed by atoms with van der Waals surface area (Å²) >= 11 is 5.91. The van der Waals surface area contributed by atoms with E-state index in [4.69, 9.17) is 16.3 Å². The highest BCUT2D eigenvalue weighted by molar-refractivity contribution is 6.28. The number of nitrogens with zero attached hydrogens (tertiary/aromatic N) is 4. The normalized spacial score (nSPS) is 18.8. The Morgan fingerprint density at radius 2 is 2.30 bits per heavy atom. The van der Waals surface area contributed by atoms with Crippen molar-refractivity contribution < 1.29 is 9.53 Å². The number of carbonyl (C=O) groups is 1. The minimum absolute atomic E-state index is 0.0908. The molecule has 1 aliphatic heterocycles. The second-order valence-electron chi connectivity index (χ2n) is 4.16. The molecule has 0 saturated carbocycles. The van der Waals surface area contributed by atoms with E-state index in [1.165, 1.54) is 0 Å². The van der Waals surface area contributed by atoms with Crippen LogP contribution in [-0.4, -0.2) is 60.3 Å². The quantitative estimate of drug-likeness (QED) is 0.802. The van der Waals surface area contributed by atoms with Crippen LogP contribution in [0, 0.1) is 0 Å². The minimum atomic E-state index is -0.471. The van der Waals surface area contributed by atoms with E-state index in [1.807, 2.05) is 6.92 Å². The van der Waals surface area contributed by atoms with Crippen LogP contribution in [-0.2, 0) is 9.53 Å². The Hall–Kier alpha value is -1.67. The zero-order valence-corrected chi connectivity index (χ0v) is 12.1. The molecule has 1 fully saturated rings. The molecule has 1 aromatic heterocycles. The van der Waals surface area contributed by atoms with Crippen LogP contribution in [0.15, 0.2) is 0 Å². The van der Waals surface area contributed by atoms with Gasteiger partial charge in [-0.15, -0.1) is 0 Å². The summed E-state index contributed by atoms with van der Waals surface area (Å²) in [6.45, 7) is 3.91. The summed E-state index contributed by atoms with van der Waals surface area (Å²) in [7, 11) is 1.58. The molecule has 1 aromatic rings. The second kappa shape index (κ2) is 6.67. The molecule has 1 aliphatic rings. The lowest BCUT2D eigenvalue weighted by Gasteiger charge is -2.34. The third-order valence-electron chi connectivity index (χ3n) is 2.87. The number of halogens is 1. The monoisotopic (exact) mass is 300 g/mol. The first kappa shape index (κ1) is 14.7. The Morgan fingerprint density at radius 1 is 1.50 bits per heavy atom. The van der Waals surface area contributed by atoms with E-state index >= 15 is 0 Å². The lowest BCUT2D eigenvalue weighted by atomic mass is 10.2. The van der Waals surface area contributed by atoms with Gasteiger partial charge in [0.25, 0.3) is 0 Å². The van der Waals surface area contributed by atoms with Crippen LogP contribution in [0.5, 0.6) is 0 Å². The average Bonchev–Trinajstić information content (AvgIpc) is 2.46. The van der Waals surface area contributed by atoms with Crippen LogP contribution in [0.3, 0.4) is 0 Å². The van der Waals surface area contributed by atoms with Crippen LogP contribution in [0.2, 0.25) is 5.28 Å². The number of aromatic nitrogens is 3. The predicted octanol–water partition coefficient (Wildman–Crippen LogP) is -0.0920. The molecule has 110 valence electrons. The fourth-order valence-electron chi connectivity index (χ4n) is 1.93. The standard InChI is InChI=1S/C11H17ClN6O2/c1-3-14-10-15-9(12)16-11(17-10)18-4-5-20-6-7(18)8(19)13-2/h7H,3-6H2,1-2H3,(H,13,19)(H,14,15,16,17). The van der Waals surface area contributed by atoms with Crippen molar-refractivity contribution in [3.8, 4) is 0 Å². The minimum Gasteiger partial charge on any atom is -0.377 e. The fourth-order valence-corrected chi connectivity index (χ4v) is 2.09. The molecule has 0 spiro atoms. The van der Waals surface area contributed by atoms with Crippen molar-refractivity contribution in [1.29, 1.82) is 0 Å². The van der Waals surface area contributed by atoms with Gasteiger partial charge in [0, 0.05) is 20.1 Å². The number of ether oxygens (including phenoxy) is 1. The zero-order chi connectivity index (χ0) is 14.5. The number of amides is 1. The van der Waals surface area contributed by atoms with Crippen molar-refractivity contribution >= 4 is 29.4 Å². The van der Waals surface area contributed by atoms with Gasteiger partial charge in [0.15, 0.2) is 0 Å². The van der Waals surface area contributed by atoms with Crippen molar-refractivity contribution in [2.75, 3.05) is 43.6 Å². The first-order valence-corrected chi connectivity index (χ1v) is 6.75. The largest absolute Gasteiger partial charge is 0.377 e. The number of carbonyl (C=O) groups excluding carboxylic acids is 1. The number of hydrogen-bond donors (Lipinski definition) is 2. The molecule has 1 atom stereocenters. The fraction of sp³-hybridized carbons (Fsp3) is 0.636. The second-order valence-corrected chi connectivity index (χ2v) is 4.49. The highest BCUT2D eigenvalue weighted by Gasteiger charge is 2.31. The topological polar surface area (TPSA) is 92.3 Å². The number of nitrogens with one attached hydrogen (secondary N) is 2. The summed E-state index contributed by atoms with van der Waals surface area (Å²) < 4.78 is 5.34. The molecule has 0 aromatic carbocycles. The van der Waals surface area contributed by atoms with E-state index in [2.05, 4.69) is 25.6 Å². The molecule has 9 heteroatoms.